The molecule has 0 bridgehead atoms. The second-order valence-electron chi connectivity index (χ2n) is 4.63. The molecule has 0 aliphatic rings. The van der Waals surface area contributed by atoms with Crippen LogP contribution in [-0.4, -0.2) is 11.0 Å². The second-order valence-corrected chi connectivity index (χ2v) is 5.48. The molecule has 2 aromatic rings. The summed E-state index contributed by atoms with van der Waals surface area (Å²) in [6.07, 6.45) is 0. The van der Waals surface area contributed by atoms with Crippen LogP contribution in [0.2, 0.25) is 5.02 Å². The molecule has 108 valence electrons. The molecule has 21 heavy (non-hydrogen) atoms. The quantitative estimate of drug-likeness (QED) is 0.852. The van der Waals surface area contributed by atoms with E-state index < -0.39 is 0 Å². The standard InChI is InChI=1S/C16H15ClN2OS/c1-11-5-7-12(8-6-11)10-18-16(21)19-15(20)13-3-2-4-14(17)9-13/h2-9H,10H2,1H3,(H2,18,19,20,21). The molecule has 2 aromatic carbocycles. The van der Waals surface area contributed by atoms with Crippen molar-refractivity contribution < 1.29 is 4.79 Å². The number of thiocarbonyl (C=S) groups is 1. The van der Waals surface area contributed by atoms with Gasteiger partial charge in [-0.05, 0) is 42.9 Å². The minimum atomic E-state index is -0.279. The fraction of sp³-hybridized carbons (Fsp3) is 0.125. The Labute approximate surface area is 134 Å². The fourth-order valence-corrected chi connectivity index (χ4v) is 2.09. The molecule has 0 fully saturated rings. The first kappa shape index (κ1) is 15.5. The average molecular weight is 319 g/mol. The van der Waals surface area contributed by atoms with Crippen molar-refractivity contribution in [1.82, 2.24) is 10.6 Å². The molecule has 0 aromatic heterocycles. The maximum Gasteiger partial charge on any atom is 0.257 e. The molecular weight excluding hydrogens is 304 g/mol. The largest absolute Gasteiger partial charge is 0.358 e. The van der Waals surface area contributed by atoms with Crippen LogP contribution in [0.5, 0.6) is 0 Å². The third-order valence-electron chi connectivity index (χ3n) is 2.89. The van der Waals surface area contributed by atoms with Crippen molar-refractivity contribution in [3.05, 3.63) is 70.2 Å². The molecule has 0 heterocycles. The van der Waals surface area contributed by atoms with Crippen LogP contribution in [0, 0.1) is 6.92 Å². The predicted octanol–water partition coefficient (Wildman–Crippen LogP) is 3.45. The lowest BCUT2D eigenvalue weighted by molar-refractivity contribution is 0.0976. The van der Waals surface area contributed by atoms with Crippen molar-refractivity contribution in [2.24, 2.45) is 0 Å². The van der Waals surface area contributed by atoms with E-state index in [0.717, 1.165) is 5.56 Å². The SMILES string of the molecule is Cc1ccc(CNC(=S)NC(=O)c2cccc(Cl)c2)cc1. The Hall–Kier alpha value is -1.91. The van der Waals surface area contributed by atoms with Crippen LogP contribution in [0.3, 0.4) is 0 Å². The van der Waals surface area contributed by atoms with Gasteiger partial charge in [0.25, 0.3) is 5.91 Å². The topological polar surface area (TPSA) is 41.1 Å². The number of carbonyl (C=O) groups is 1. The van der Waals surface area contributed by atoms with Gasteiger partial charge in [0, 0.05) is 17.1 Å². The van der Waals surface area contributed by atoms with E-state index >= 15 is 0 Å². The number of rotatable bonds is 3. The first-order chi connectivity index (χ1) is 10.0. The minimum Gasteiger partial charge on any atom is -0.358 e. The monoisotopic (exact) mass is 318 g/mol. The summed E-state index contributed by atoms with van der Waals surface area (Å²) in [6.45, 7) is 2.60. The van der Waals surface area contributed by atoms with Gasteiger partial charge in [-0.25, -0.2) is 0 Å². The van der Waals surface area contributed by atoms with Crippen LogP contribution in [0.4, 0.5) is 0 Å². The Kier molecular flexibility index (Phi) is 5.31. The van der Waals surface area contributed by atoms with Gasteiger partial charge in [-0.2, -0.15) is 0 Å². The van der Waals surface area contributed by atoms with Gasteiger partial charge in [0.1, 0.15) is 0 Å². The molecule has 0 saturated carbocycles. The van der Waals surface area contributed by atoms with Crippen LogP contribution in [0.1, 0.15) is 21.5 Å². The summed E-state index contributed by atoms with van der Waals surface area (Å²) in [6, 6.07) is 14.8. The van der Waals surface area contributed by atoms with E-state index in [1.807, 2.05) is 31.2 Å². The third-order valence-corrected chi connectivity index (χ3v) is 3.37. The Bertz CT molecular complexity index is 656. The molecule has 0 unspecified atom stereocenters. The summed E-state index contributed by atoms with van der Waals surface area (Å²) in [7, 11) is 0. The lowest BCUT2D eigenvalue weighted by atomic mass is 10.1. The number of aryl methyl sites for hydroxylation is 1. The van der Waals surface area contributed by atoms with Gasteiger partial charge < -0.3 is 5.32 Å². The van der Waals surface area contributed by atoms with Crippen molar-refractivity contribution in [2.75, 3.05) is 0 Å². The zero-order valence-corrected chi connectivity index (χ0v) is 13.1. The first-order valence-corrected chi connectivity index (χ1v) is 7.23. The van der Waals surface area contributed by atoms with E-state index in [2.05, 4.69) is 10.6 Å². The third kappa shape index (κ3) is 4.85. The first-order valence-electron chi connectivity index (χ1n) is 6.45. The van der Waals surface area contributed by atoms with Crippen LogP contribution in [-0.2, 0) is 6.54 Å². The number of amides is 1. The van der Waals surface area contributed by atoms with Crippen molar-refractivity contribution >= 4 is 34.8 Å². The Morgan fingerprint density at radius 1 is 1.19 bits per heavy atom. The van der Waals surface area contributed by atoms with Gasteiger partial charge in [0.2, 0.25) is 0 Å². The maximum absolute atomic E-state index is 12.0. The van der Waals surface area contributed by atoms with E-state index in [-0.39, 0.29) is 5.91 Å². The summed E-state index contributed by atoms with van der Waals surface area (Å²) in [5.74, 6) is -0.279. The van der Waals surface area contributed by atoms with Gasteiger partial charge in [0.15, 0.2) is 5.11 Å². The highest BCUT2D eigenvalue weighted by molar-refractivity contribution is 7.80. The molecule has 0 saturated heterocycles. The fourth-order valence-electron chi connectivity index (χ4n) is 1.74. The van der Waals surface area contributed by atoms with E-state index in [1.165, 1.54) is 5.56 Å². The van der Waals surface area contributed by atoms with Gasteiger partial charge in [-0.15, -0.1) is 0 Å². The molecule has 5 heteroatoms. The molecule has 1 amide bonds. The molecule has 2 N–H and O–H groups in total. The van der Waals surface area contributed by atoms with E-state index in [4.69, 9.17) is 23.8 Å². The molecular formula is C16H15ClN2OS. The van der Waals surface area contributed by atoms with Crippen molar-refractivity contribution in [3.8, 4) is 0 Å². The van der Waals surface area contributed by atoms with E-state index in [9.17, 15) is 4.79 Å². The highest BCUT2D eigenvalue weighted by Crippen LogP contribution is 2.10. The maximum atomic E-state index is 12.0. The second kappa shape index (κ2) is 7.20. The van der Waals surface area contributed by atoms with Crippen molar-refractivity contribution in [2.45, 2.75) is 13.5 Å². The number of nitrogens with one attached hydrogen (secondary N) is 2. The number of benzene rings is 2. The number of carbonyl (C=O) groups excluding carboxylic acids is 1. The smallest absolute Gasteiger partial charge is 0.257 e. The number of hydrogen-bond donors (Lipinski definition) is 2. The zero-order chi connectivity index (χ0) is 15.2. The van der Waals surface area contributed by atoms with E-state index in [0.29, 0.717) is 22.2 Å². The van der Waals surface area contributed by atoms with Crippen molar-refractivity contribution in [1.29, 1.82) is 0 Å². The van der Waals surface area contributed by atoms with Gasteiger partial charge >= 0.3 is 0 Å². The Balaban J connectivity index is 1.87. The molecule has 0 aliphatic heterocycles. The molecule has 0 aliphatic carbocycles. The minimum absolute atomic E-state index is 0.279. The highest BCUT2D eigenvalue weighted by atomic mass is 35.5. The molecule has 3 nitrogen and oxygen atoms in total. The van der Waals surface area contributed by atoms with Crippen molar-refractivity contribution in [3.63, 3.8) is 0 Å². The summed E-state index contributed by atoms with van der Waals surface area (Å²) in [5.41, 5.74) is 2.78. The van der Waals surface area contributed by atoms with Gasteiger partial charge in [-0.1, -0.05) is 47.5 Å². The summed E-state index contributed by atoms with van der Waals surface area (Å²) >= 11 is 11.0. The molecule has 0 spiro atoms. The summed E-state index contributed by atoms with van der Waals surface area (Å²) < 4.78 is 0. The van der Waals surface area contributed by atoms with Gasteiger partial charge in [0.05, 0.1) is 0 Å². The zero-order valence-electron chi connectivity index (χ0n) is 11.5. The summed E-state index contributed by atoms with van der Waals surface area (Å²) in [5, 5.41) is 6.44. The molecule has 0 atom stereocenters. The van der Waals surface area contributed by atoms with Crippen LogP contribution in [0.15, 0.2) is 48.5 Å². The molecule has 2 rings (SSSR count). The van der Waals surface area contributed by atoms with Crippen LogP contribution < -0.4 is 10.6 Å². The molecule has 0 radical (unpaired) electrons. The lowest BCUT2D eigenvalue weighted by Crippen LogP contribution is -2.38. The van der Waals surface area contributed by atoms with Crippen LogP contribution >= 0.6 is 23.8 Å². The normalized spacial score (nSPS) is 10.0. The highest BCUT2D eigenvalue weighted by Gasteiger charge is 2.07. The number of halogens is 1. The summed E-state index contributed by atoms with van der Waals surface area (Å²) in [4.78, 5) is 12.0. The van der Waals surface area contributed by atoms with E-state index in [1.54, 1.807) is 24.3 Å². The van der Waals surface area contributed by atoms with Gasteiger partial charge in [-0.3, -0.25) is 10.1 Å². The Morgan fingerprint density at radius 2 is 1.90 bits per heavy atom. The predicted molar refractivity (Wildman–Crippen MR) is 89.5 cm³/mol. The average Bonchev–Trinajstić information content (AvgIpc) is 2.46. The number of hydrogen-bond acceptors (Lipinski definition) is 2. The lowest BCUT2D eigenvalue weighted by Gasteiger charge is -2.10. The Morgan fingerprint density at radius 3 is 2.57 bits per heavy atom. The van der Waals surface area contributed by atoms with Crippen LogP contribution in [0.25, 0.3) is 0 Å².